The molecule has 0 radical (unpaired) electrons. The van der Waals surface area contributed by atoms with Crippen LogP contribution in [-0.4, -0.2) is 31.1 Å². The van der Waals surface area contributed by atoms with Crippen molar-refractivity contribution in [2.75, 3.05) is 0 Å². The average molecular weight is 332 g/mol. The number of carbonyl (C=O) groups is 2. The normalized spacial score (nSPS) is 22.3. The summed E-state index contributed by atoms with van der Waals surface area (Å²) < 4.78 is 1.79. The first-order chi connectivity index (χ1) is 12.2. The summed E-state index contributed by atoms with van der Waals surface area (Å²) in [6.07, 6.45) is 7.15. The molecule has 124 valence electrons. The van der Waals surface area contributed by atoms with E-state index in [4.69, 9.17) is 0 Å². The Morgan fingerprint density at radius 2 is 2.04 bits per heavy atom. The molecule has 1 aliphatic carbocycles. The maximum atomic E-state index is 13.2. The zero-order valence-corrected chi connectivity index (χ0v) is 13.6. The minimum atomic E-state index is -0.676. The second-order valence-electron chi connectivity index (χ2n) is 6.76. The van der Waals surface area contributed by atoms with Crippen molar-refractivity contribution in [1.82, 2.24) is 19.3 Å². The van der Waals surface area contributed by atoms with E-state index < -0.39 is 5.41 Å². The number of likely N-dealkylation sites (tertiary alicyclic amines) is 1. The summed E-state index contributed by atoms with van der Waals surface area (Å²) in [7, 11) is 0. The molecule has 1 aliphatic heterocycles. The number of benzene rings is 1. The van der Waals surface area contributed by atoms with E-state index in [2.05, 4.69) is 16.0 Å². The molecule has 6 heteroatoms. The summed E-state index contributed by atoms with van der Waals surface area (Å²) in [6.45, 7) is 0.199. The second kappa shape index (κ2) is 4.99. The first-order valence-corrected chi connectivity index (χ1v) is 8.39. The Hall–Kier alpha value is -3.02. The molecule has 0 unspecified atom stereocenters. The van der Waals surface area contributed by atoms with E-state index in [1.165, 1.54) is 10.5 Å². The van der Waals surface area contributed by atoms with Gasteiger partial charge in [-0.25, -0.2) is 9.97 Å². The van der Waals surface area contributed by atoms with Crippen LogP contribution in [0.15, 0.2) is 48.9 Å². The SMILES string of the molecule is O=C1C[C@]2(CCc3ccccc32)C(=O)N1Cc1cn2cccnc2n1. The summed E-state index contributed by atoms with van der Waals surface area (Å²) in [5.41, 5.74) is 2.20. The molecule has 1 spiro atoms. The molecule has 2 aromatic heterocycles. The van der Waals surface area contributed by atoms with Crippen LogP contribution in [-0.2, 0) is 28.0 Å². The number of nitrogens with zero attached hydrogens (tertiary/aromatic N) is 4. The van der Waals surface area contributed by atoms with Crippen LogP contribution < -0.4 is 0 Å². The lowest BCUT2D eigenvalue weighted by Gasteiger charge is -2.22. The minimum absolute atomic E-state index is 0.0903. The van der Waals surface area contributed by atoms with Crippen LogP contribution in [0.3, 0.4) is 0 Å². The summed E-state index contributed by atoms with van der Waals surface area (Å²) in [6, 6.07) is 9.79. The molecule has 1 saturated heterocycles. The maximum Gasteiger partial charge on any atom is 0.240 e. The summed E-state index contributed by atoms with van der Waals surface area (Å²) in [5.74, 6) is 0.358. The lowest BCUT2D eigenvalue weighted by Crippen LogP contribution is -2.36. The zero-order chi connectivity index (χ0) is 17.0. The van der Waals surface area contributed by atoms with E-state index in [1.54, 1.807) is 10.6 Å². The van der Waals surface area contributed by atoms with E-state index in [-0.39, 0.29) is 24.8 Å². The standard InChI is InChI=1S/C19H16N4O2/c24-16-10-19(7-6-13-4-1-2-5-15(13)19)17(25)23(16)12-14-11-22-9-3-8-20-18(22)21-14/h1-5,8-9,11H,6-7,10,12H2/t19-/m0/s1. The predicted molar refractivity (Wildman–Crippen MR) is 89.6 cm³/mol. The lowest BCUT2D eigenvalue weighted by molar-refractivity contribution is -0.140. The van der Waals surface area contributed by atoms with Crippen LogP contribution in [0.5, 0.6) is 0 Å². The van der Waals surface area contributed by atoms with Gasteiger partial charge in [0, 0.05) is 25.0 Å². The quantitative estimate of drug-likeness (QED) is 0.672. The molecule has 2 aliphatic rings. The van der Waals surface area contributed by atoms with E-state index in [9.17, 15) is 9.59 Å². The van der Waals surface area contributed by atoms with Gasteiger partial charge in [-0.1, -0.05) is 24.3 Å². The summed E-state index contributed by atoms with van der Waals surface area (Å²) in [5, 5.41) is 0. The Balaban J connectivity index is 1.49. The molecular formula is C19H16N4O2. The Kier molecular flexibility index (Phi) is 2.86. The van der Waals surface area contributed by atoms with Crippen molar-refractivity contribution in [3.8, 4) is 0 Å². The third-order valence-electron chi connectivity index (χ3n) is 5.37. The van der Waals surface area contributed by atoms with Crippen LogP contribution in [0.4, 0.5) is 0 Å². The van der Waals surface area contributed by atoms with Gasteiger partial charge in [0.05, 0.1) is 17.7 Å². The Labute approximate surface area is 144 Å². The van der Waals surface area contributed by atoms with Crippen molar-refractivity contribution in [3.05, 3.63) is 65.7 Å². The number of rotatable bonds is 2. The van der Waals surface area contributed by atoms with Crippen LogP contribution >= 0.6 is 0 Å². The number of aromatic nitrogens is 3. The van der Waals surface area contributed by atoms with Crippen molar-refractivity contribution >= 4 is 17.6 Å². The molecule has 0 N–H and O–H groups in total. The smallest absolute Gasteiger partial charge is 0.240 e. The Morgan fingerprint density at radius 3 is 2.92 bits per heavy atom. The molecule has 0 saturated carbocycles. The van der Waals surface area contributed by atoms with Crippen molar-refractivity contribution < 1.29 is 9.59 Å². The monoisotopic (exact) mass is 332 g/mol. The molecule has 1 fully saturated rings. The van der Waals surface area contributed by atoms with Gasteiger partial charge in [-0.2, -0.15) is 0 Å². The van der Waals surface area contributed by atoms with Crippen LogP contribution in [0.2, 0.25) is 0 Å². The highest BCUT2D eigenvalue weighted by Gasteiger charge is 2.55. The molecule has 0 bridgehead atoms. The highest BCUT2D eigenvalue weighted by molar-refractivity contribution is 6.09. The number of imidazole rings is 1. The largest absolute Gasteiger partial charge is 0.291 e. The topological polar surface area (TPSA) is 67.6 Å². The average Bonchev–Trinajstić information content (AvgIpc) is 3.27. The first-order valence-electron chi connectivity index (χ1n) is 8.39. The molecule has 1 aromatic carbocycles. The Morgan fingerprint density at radius 1 is 1.16 bits per heavy atom. The fraction of sp³-hybridized carbons (Fsp3) is 0.263. The minimum Gasteiger partial charge on any atom is -0.291 e. The molecule has 1 atom stereocenters. The van der Waals surface area contributed by atoms with E-state index in [0.29, 0.717) is 17.9 Å². The second-order valence-corrected chi connectivity index (χ2v) is 6.76. The molecule has 3 heterocycles. The van der Waals surface area contributed by atoms with E-state index in [1.807, 2.05) is 36.7 Å². The maximum absolute atomic E-state index is 13.2. The van der Waals surface area contributed by atoms with Gasteiger partial charge in [0.1, 0.15) is 0 Å². The van der Waals surface area contributed by atoms with Gasteiger partial charge >= 0.3 is 0 Å². The highest BCUT2D eigenvalue weighted by Crippen LogP contribution is 2.47. The van der Waals surface area contributed by atoms with Crippen molar-refractivity contribution in [2.24, 2.45) is 0 Å². The van der Waals surface area contributed by atoms with Gasteiger partial charge in [-0.15, -0.1) is 0 Å². The van der Waals surface area contributed by atoms with Crippen molar-refractivity contribution in [2.45, 2.75) is 31.2 Å². The van der Waals surface area contributed by atoms with Crippen molar-refractivity contribution in [1.29, 1.82) is 0 Å². The zero-order valence-electron chi connectivity index (χ0n) is 13.6. The van der Waals surface area contributed by atoms with E-state index in [0.717, 1.165) is 12.0 Å². The van der Waals surface area contributed by atoms with Gasteiger partial charge in [-0.3, -0.25) is 18.9 Å². The number of fused-ring (bicyclic) bond motifs is 3. The predicted octanol–water partition coefficient (Wildman–Crippen LogP) is 1.87. The molecule has 6 nitrogen and oxygen atoms in total. The number of imide groups is 1. The van der Waals surface area contributed by atoms with Crippen molar-refractivity contribution in [3.63, 3.8) is 0 Å². The molecule has 25 heavy (non-hydrogen) atoms. The number of aryl methyl sites for hydroxylation is 1. The number of amides is 2. The highest BCUT2D eigenvalue weighted by atomic mass is 16.2. The third-order valence-corrected chi connectivity index (χ3v) is 5.37. The third kappa shape index (κ3) is 1.97. The summed E-state index contributed by atoms with van der Waals surface area (Å²) >= 11 is 0. The fourth-order valence-electron chi connectivity index (χ4n) is 4.17. The van der Waals surface area contributed by atoms with Gasteiger partial charge < -0.3 is 0 Å². The van der Waals surface area contributed by atoms with Gasteiger partial charge in [0.15, 0.2) is 0 Å². The van der Waals surface area contributed by atoms with E-state index >= 15 is 0 Å². The molecule has 5 rings (SSSR count). The lowest BCUT2D eigenvalue weighted by atomic mass is 9.80. The van der Waals surface area contributed by atoms with Crippen LogP contribution in [0.1, 0.15) is 29.7 Å². The molecular weight excluding hydrogens is 316 g/mol. The number of hydrogen-bond acceptors (Lipinski definition) is 4. The molecule has 3 aromatic rings. The number of hydrogen-bond donors (Lipinski definition) is 0. The summed E-state index contributed by atoms with van der Waals surface area (Å²) in [4.78, 5) is 35.8. The van der Waals surface area contributed by atoms with Crippen LogP contribution in [0.25, 0.3) is 5.78 Å². The number of carbonyl (C=O) groups excluding carboxylic acids is 2. The molecule has 2 amide bonds. The Bertz CT molecular complexity index is 992. The first kappa shape index (κ1) is 14.3. The van der Waals surface area contributed by atoms with Crippen LogP contribution in [0, 0.1) is 0 Å². The van der Waals surface area contributed by atoms with Gasteiger partial charge in [0.2, 0.25) is 17.6 Å². The fourth-order valence-corrected chi connectivity index (χ4v) is 4.17. The van der Waals surface area contributed by atoms with Gasteiger partial charge in [-0.05, 0) is 30.0 Å². The van der Waals surface area contributed by atoms with Gasteiger partial charge in [0.25, 0.3) is 0 Å².